The Labute approximate surface area is 222 Å². The van der Waals surface area contributed by atoms with Crippen LogP contribution in [-0.4, -0.2) is 48.1 Å². The minimum atomic E-state index is -0.129. The summed E-state index contributed by atoms with van der Waals surface area (Å²) < 4.78 is 13.4. The Morgan fingerprint density at radius 3 is 2.43 bits per heavy atom. The molecule has 8 heteroatoms. The molecule has 0 amide bonds. The number of para-hydroxylation sites is 2. The molecule has 188 valence electrons. The van der Waals surface area contributed by atoms with Gasteiger partial charge < -0.3 is 29.2 Å². The number of nitrogens with one attached hydrogen (secondary N) is 1. The van der Waals surface area contributed by atoms with Gasteiger partial charge in [0.1, 0.15) is 11.8 Å². The lowest BCUT2D eigenvalue weighted by molar-refractivity contribution is 0.122. The monoisotopic (exact) mass is 511 g/mol. The summed E-state index contributed by atoms with van der Waals surface area (Å²) in [6.07, 6.45) is 3.90. The van der Waals surface area contributed by atoms with Crippen molar-refractivity contribution in [2.24, 2.45) is 0 Å². The topological polar surface area (TPSA) is 54.8 Å². The van der Waals surface area contributed by atoms with E-state index in [2.05, 4.69) is 74.4 Å². The van der Waals surface area contributed by atoms with Gasteiger partial charge in [0.25, 0.3) is 0 Å². The van der Waals surface area contributed by atoms with E-state index in [0.717, 1.165) is 54.8 Å². The molecule has 2 aromatic carbocycles. The van der Waals surface area contributed by atoms with Gasteiger partial charge in [-0.2, -0.15) is 0 Å². The highest BCUT2D eigenvalue weighted by Gasteiger charge is 2.42. The van der Waals surface area contributed by atoms with Gasteiger partial charge in [-0.05, 0) is 72.9 Å². The number of rotatable bonds is 6. The zero-order valence-electron chi connectivity index (χ0n) is 20.7. The van der Waals surface area contributed by atoms with Crippen molar-refractivity contribution in [2.45, 2.75) is 12.1 Å². The minimum Gasteiger partial charge on any atom is -0.495 e. The quantitative estimate of drug-likeness (QED) is 0.370. The lowest BCUT2D eigenvalue weighted by Gasteiger charge is -2.31. The van der Waals surface area contributed by atoms with E-state index in [1.165, 1.54) is 5.69 Å². The van der Waals surface area contributed by atoms with Crippen LogP contribution in [0.15, 0.2) is 91.3 Å². The number of nitrogens with zero attached hydrogens (tertiary/aromatic N) is 4. The van der Waals surface area contributed by atoms with Crippen molar-refractivity contribution >= 4 is 28.7 Å². The smallest absolute Gasteiger partial charge is 0.174 e. The number of anilines is 2. The van der Waals surface area contributed by atoms with Crippen LogP contribution in [0.2, 0.25) is 0 Å². The van der Waals surface area contributed by atoms with Gasteiger partial charge >= 0.3 is 0 Å². The molecule has 2 aliphatic heterocycles. The fourth-order valence-corrected chi connectivity index (χ4v) is 5.61. The summed E-state index contributed by atoms with van der Waals surface area (Å²) in [6, 6.07) is 26.7. The van der Waals surface area contributed by atoms with Crippen LogP contribution in [0.4, 0.5) is 11.4 Å². The summed E-state index contributed by atoms with van der Waals surface area (Å²) in [7, 11) is 1.70. The molecule has 0 bridgehead atoms. The Hall–Kier alpha value is -3.88. The minimum absolute atomic E-state index is 0.128. The van der Waals surface area contributed by atoms with Crippen molar-refractivity contribution in [3.8, 4) is 11.4 Å². The molecule has 2 fully saturated rings. The number of morpholine rings is 1. The lowest BCUT2D eigenvalue weighted by atomic mass is 10.0. The van der Waals surface area contributed by atoms with Crippen molar-refractivity contribution in [1.29, 1.82) is 0 Å². The zero-order valence-corrected chi connectivity index (χ0v) is 21.5. The largest absolute Gasteiger partial charge is 0.495 e. The summed E-state index contributed by atoms with van der Waals surface area (Å²) in [5.74, 6) is 0.810. The molecule has 37 heavy (non-hydrogen) atoms. The maximum absolute atomic E-state index is 5.94. The first-order valence-corrected chi connectivity index (χ1v) is 12.9. The molecule has 7 nitrogen and oxygen atoms in total. The van der Waals surface area contributed by atoms with Crippen LogP contribution in [0.5, 0.6) is 5.75 Å². The summed E-state index contributed by atoms with van der Waals surface area (Å²) >= 11 is 5.94. The predicted octanol–water partition coefficient (Wildman–Crippen LogP) is 4.89. The van der Waals surface area contributed by atoms with Crippen molar-refractivity contribution < 1.29 is 9.47 Å². The third-order valence-corrected chi connectivity index (χ3v) is 7.34. The predicted molar refractivity (Wildman–Crippen MR) is 150 cm³/mol. The number of ether oxygens (including phenoxy) is 2. The van der Waals surface area contributed by atoms with Gasteiger partial charge in [0.15, 0.2) is 5.11 Å². The number of methoxy groups -OCH3 is 1. The Morgan fingerprint density at radius 2 is 1.68 bits per heavy atom. The van der Waals surface area contributed by atoms with Crippen LogP contribution in [0.25, 0.3) is 5.69 Å². The fraction of sp³-hybridized carbons (Fsp3) is 0.241. The van der Waals surface area contributed by atoms with Crippen LogP contribution in [0.3, 0.4) is 0 Å². The van der Waals surface area contributed by atoms with E-state index in [-0.39, 0.29) is 12.1 Å². The van der Waals surface area contributed by atoms with Crippen molar-refractivity contribution in [3.05, 3.63) is 103 Å². The normalized spacial score (nSPS) is 19.6. The van der Waals surface area contributed by atoms with Gasteiger partial charge in [-0.3, -0.25) is 4.98 Å². The highest BCUT2D eigenvalue weighted by atomic mass is 32.1. The van der Waals surface area contributed by atoms with Crippen LogP contribution >= 0.6 is 12.2 Å². The Balaban J connectivity index is 1.43. The molecule has 4 heterocycles. The van der Waals surface area contributed by atoms with Crippen LogP contribution in [0, 0.1) is 0 Å². The molecule has 0 saturated carbocycles. The van der Waals surface area contributed by atoms with E-state index in [1.54, 1.807) is 7.11 Å². The molecule has 0 radical (unpaired) electrons. The van der Waals surface area contributed by atoms with E-state index >= 15 is 0 Å². The first-order valence-electron chi connectivity index (χ1n) is 12.5. The number of aromatic nitrogens is 2. The second-order valence-electron chi connectivity index (χ2n) is 9.09. The molecule has 4 aromatic rings. The Kier molecular flexibility index (Phi) is 6.51. The Bertz CT molecular complexity index is 1370. The van der Waals surface area contributed by atoms with E-state index in [4.69, 9.17) is 26.7 Å². The molecular formula is C29H29N5O2S. The number of hydrogen-bond donors (Lipinski definition) is 1. The van der Waals surface area contributed by atoms with Gasteiger partial charge in [-0.25, -0.2) is 0 Å². The summed E-state index contributed by atoms with van der Waals surface area (Å²) in [6.45, 7) is 3.32. The highest BCUT2D eigenvalue weighted by molar-refractivity contribution is 7.80. The fourth-order valence-electron chi connectivity index (χ4n) is 5.26. The van der Waals surface area contributed by atoms with Crippen LogP contribution in [-0.2, 0) is 4.74 Å². The molecule has 2 atom stereocenters. The average Bonchev–Trinajstić information content (AvgIpc) is 3.58. The second-order valence-corrected chi connectivity index (χ2v) is 9.47. The third-order valence-electron chi connectivity index (χ3n) is 7.03. The molecule has 0 aliphatic carbocycles. The summed E-state index contributed by atoms with van der Waals surface area (Å²) in [5.41, 5.74) is 5.23. The maximum atomic E-state index is 5.94. The van der Waals surface area contributed by atoms with Crippen molar-refractivity contribution in [3.63, 3.8) is 0 Å². The number of benzene rings is 2. The van der Waals surface area contributed by atoms with E-state index < -0.39 is 0 Å². The standard InChI is InChI=1S/C29H29N5O2S/c1-35-26-10-3-2-8-24(26)33-16-6-9-25(33)28-27(23-7-4-5-15-30-23)31-29(37)34(28)22-13-11-21(12-14-22)32-17-19-36-20-18-32/h2-16,27-28H,17-20H2,1H3,(H,31,37). The summed E-state index contributed by atoms with van der Waals surface area (Å²) in [5, 5.41) is 4.24. The average molecular weight is 512 g/mol. The molecule has 2 aliphatic rings. The molecule has 0 spiro atoms. The molecule has 6 rings (SSSR count). The van der Waals surface area contributed by atoms with Crippen LogP contribution < -0.4 is 19.9 Å². The molecule has 2 unspecified atom stereocenters. The second kappa shape index (κ2) is 10.2. The molecule has 1 N–H and O–H groups in total. The Morgan fingerprint density at radius 1 is 0.919 bits per heavy atom. The van der Waals surface area contributed by atoms with E-state index in [9.17, 15) is 0 Å². The first kappa shape index (κ1) is 23.5. The number of thiocarbonyl (C=S) groups is 1. The maximum Gasteiger partial charge on any atom is 0.174 e. The lowest BCUT2D eigenvalue weighted by Crippen LogP contribution is -2.36. The molecular weight excluding hydrogens is 482 g/mol. The number of pyridine rings is 1. The summed E-state index contributed by atoms with van der Waals surface area (Å²) in [4.78, 5) is 9.26. The van der Waals surface area contributed by atoms with E-state index in [0.29, 0.717) is 5.11 Å². The van der Waals surface area contributed by atoms with Gasteiger partial charge in [0.2, 0.25) is 0 Å². The highest BCUT2D eigenvalue weighted by Crippen LogP contribution is 2.43. The first-order chi connectivity index (χ1) is 18.2. The van der Waals surface area contributed by atoms with Crippen molar-refractivity contribution in [1.82, 2.24) is 14.9 Å². The van der Waals surface area contributed by atoms with E-state index in [1.807, 2.05) is 36.5 Å². The third kappa shape index (κ3) is 4.43. The van der Waals surface area contributed by atoms with Crippen molar-refractivity contribution in [2.75, 3.05) is 43.2 Å². The SMILES string of the molecule is COc1ccccc1-n1cccc1C1C(c2ccccn2)NC(=S)N1c1ccc(N2CCOCC2)cc1. The van der Waals surface area contributed by atoms with Gasteiger partial charge in [-0.1, -0.05) is 18.2 Å². The number of hydrogen-bond acceptors (Lipinski definition) is 5. The zero-order chi connectivity index (χ0) is 25.2. The van der Waals surface area contributed by atoms with Crippen LogP contribution in [0.1, 0.15) is 23.5 Å². The molecule has 2 saturated heterocycles. The van der Waals surface area contributed by atoms with Gasteiger partial charge in [-0.15, -0.1) is 0 Å². The van der Waals surface area contributed by atoms with Gasteiger partial charge in [0.05, 0.1) is 37.7 Å². The van der Waals surface area contributed by atoms with Gasteiger partial charge in [0, 0.05) is 42.6 Å². The molecule has 2 aromatic heterocycles.